The lowest BCUT2D eigenvalue weighted by Crippen LogP contribution is -2.54. The molecule has 0 aliphatic carbocycles. The number of halogens is 1. The third kappa shape index (κ3) is 3.51. The normalized spacial score (nSPS) is 18.1. The highest BCUT2D eigenvalue weighted by Crippen LogP contribution is 2.37. The Hall–Kier alpha value is -2.90. The number of likely N-dealkylation sites (tertiary alicyclic amines) is 1. The average Bonchev–Trinajstić information content (AvgIpc) is 3.06. The molecule has 2 aliphatic rings. The van der Waals surface area contributed by atoms with Crippen molar-refractivity contribution in [3.63, 3.8) is 0 Å². The molecular weight excluding hydrogens is 349 g/mol. The highest BCUT2D eigenvalue weighted by molar-refractivity contribution is 6.04. The molecule has 1 saturated heterocycles. The van der Waals surface area contributed by atoms with E-state index < -0.39 is 5.82 Å². The fourth-order valence-electron chi connectivity index (χ4n) is 3.86. The predicted octanol–water partition coefficient (Wildman–Crippen LogP) is 2.33. The summed E-state index contributed by atoms with van der Waals surface area (Å²) >= 11 is 0. The van der Waals surface area contributed by atoms with Crippen LogP contribution in [0.1, 0.15) is 35.3 Å². The van der Waals surface area contributed by atoms with Crippen LogP contribution in [0.25, 0.3) is 0 Å². The second-order valence-electron chi connectivity index (χ2n) is 7.37. The lowest BCUT2D eigenvalue weighted by atomic mass is 9.78. The van der Waals surface area contributed by atoms with Crippen molar-refractivity contribution in [3.05, 3.63) is 41.3 Å². The first-order valence-electron chi connectivity index (χ1n) is 9.09. The van der Waals surface area contributed by atoms with Gasteiger partial charge < -0.3 is 15.5 Å². The van der Waals surface area contributed by atoms with Gasteiger partial charge in [-0.3, -0.25) is 14.7 Å². The fraction of sp³-hybridized carbons (Fsp3) is 0.421. The Labute approximate surface area is 156 Å². The number of aromatic amines is 1. The molecule has 0 bridgehead atoms. The summed E-state index contributed by atoms with van der Waals surface area (Å²) in [6.07, 6.45) is 1.70. The maximum atomic E-state index is 13.4. The van der Waals surface area contributed by atoms with Crippen molar-refractivity contribution in [2.24, 2.45) is 0 Å². The van der Waals surface area contributed by atoms with Crippen LogP contribution in [0.15, 0.2) is 24.3 Å². The van der Waals surface area contributed by atoms with Gasteiger partial charge in [0.05, 0.1) is 6.54 Å². The maximum absolute atomic E-state index is 13.4. The zero-order chi connectivity index (χ0) is 19.0. The third-order valence-electron chi connectivity index (χ3n) is 5.38. The molecule has 142 valence electrons. The van der Waals surface area contributed by atoms with Gasteiger partial charge in [0.15, 0.2) is 5.78 Å². The molecule has 1 fully saturated rings. The summed E-state index contributed by atoms with van der Waals surface area (Å²) in [6.45, 7) is 3.24. The number of rotatable bonds is 3. The number of nitrogens with zero attached hydrogens (tertiary/aromatic N) is 2. The molecule has 1 aromatic heterocycles. The van der Waals surface area contributed by atoms with Crippen molar-refractivity contribution in [2.45, 2.75) is 31.7 Å². The summed E-state index contributed by atoms with van der Waals surface area (Å²) in [5.41, 5.74) is 1.67. The van der Waals surface area contributed by atoms with Crippen molar-refractivity contribution in [3.8, 4) is 0 Å². The van der Waals surface area contributed by atoms with Gasteiger partial charge in [-0.25, -0.2) is 4.39 Å². The summed E-state index contributed by atoms with van der Waals surface area (Å²) in [5, 5.41) is 13.3. The topological polar surface area (TPSA) is 90.1 Å². The van der Waals surface area contributed by atoms with Gasteiger partial charge in [-0.2, -0.15) is 5.10 Å². The molecule has 0 unspecified atom stereocenters. The number of carbonyl (C=O) groups excluding carboxylic acids is 2. The summed E-state index contributed by atoms with van der Waals surface area (Å²) in [5.74, 6) is 0.214. The van der Waals surface area contributed by atoms with Crippen LogP contribution >= 0.6 is 0 Å². The van der Waals surface area contributed by atoms with E-state index in [0.29, 0.717) is 49.4 Å². The minimum Gasteiger partial charge on any atom is -0.378 e. The summed E-state index contributed by atoms with van der Waals surface area (Å²) in [4.78, 5) is 26.7. The van der Waals surface area contributed by atoms with E-state index in [-0.39, 0.29) is 23.8 Å². The number of anilines is 2. The second kappa shape index (κ2) is 6.68. The van der Waals surface area contributed by atoms with E-state index in [1.807, 2.05) is 17.9 Å². The van der Waals surface area contributed by atoms with Crippen molar-refractivity contribution in [1.82, 2.24) is 15.1 Å². The third-order valence-corrected chi connectivity index (χ3v) is 5.38. The van der Waals surface area contributed by atoms with Crippen LogP contribution in [0.3, 0.4) is 0 Å². The fourth-order valence-corrected chi connectivity index (χ4v) is 3.86. The smallest absolute Gasteiger partial charge is 0.241 e. The van der Waals surface area contributed by atoms with Crippen molar-refractivity contribution in [2.75, 3.05) is 30.3 Å². The van der Waals surface area contributed by atoms with E-state index in [0.717, 1.165) is 5.69 Å². The van der Waals surface area contributed by atoms with Gasteiger partial charge in [-0.05, 0) is 38.0 Å². The molecule has 1 amide bonds. The molecular formula is C19H22FN5O2. The van der Waals surface area contributed by atoms with Crippen molar-refractivity contribution < 1.29 is 14.0 Å². The van der Waals surface area contributed by atoms with Crippen LogP contribution in [0.4, 0.5) is 15.9 Å². The number of nitrogens with one attached hydrogen (secondary N) is 3. The number of H-pyrrole nitrogens is 1. The number of hydrogen-bond acceptors (Lipinski definition) is 5. The number of aryl methyl sites for hydroxylation is 1. The highest BCUT2D eigenvalue weighted by atomic mass is 19.1. The van der Waals surface area contributed by atoms with Crippen LogP contribution in [-0.4, -0.2) is 52.0 Å². The van der Waals surface area contributed by atoms with E-state index in [1.54, 1.807) is 6.07 Å². The number of ketones is 1. The molecule has 27 heavy (non-hydrogen) atoms. The first-order chi connectivity index (χ1) is 12.9. The quantitative estimate of drug-likeness (QED) is 0.770. The van der Waals surface area contributed by atoms with Gasteiger partial charge in [-0.1, -0.05) is 0 Å². The molecule has 3 N–H and O–H groups in total. The zero-order valence-corrected chi connectivity index (χ0v) is 15.1. The number of fused-ring (bicyclic) bond motifs is 1. The Balaban J connectivity index is 1.36. The standard InChI is InChI=1S/C19H22FN5O2/c1-12-8-17(24-23-12)21-11-18(27)25-6-4-19(5-7-25)10-16(26)14-9-13(20)2-3-15(14)22-19/h2-3,8-9,22H,4-7,10-11H2,1H3,(H2,21,23,24). The van der Waals surface area contributed by atoms with Gasteiger partial charge >= 0.3 is 0 Å². The van der Waals surface area contributed by atoms with Crippen LogP contribution in [-0.2, 0) is 4.79 Å². The molecule has 2 aliphatic heterocycles. The number of Topliss-reactive ketones (excluding diaryl/α,β-unsaturated/α-hetero) is 1. The summed E-state index contributed by atoms with van der Waals surface area (Å²) in [7, 11) is 0. The molecule has 4 rings (SSSR count). The zero-order valence-electron chi connectivity index (χ0n) is 15.1. The van der Waals surface area contributed by atoms with E-state index >= 15 is 0 Å². The second-order valence-corrected chi connectivity index (χ2v) is 7.37. The van der Waals surface area contributed by atoms with Crippen molar-refractivity contribution >= 4 is 23.2 Å². The molecule has 3 heterocycles. The Kier molecular flexibility index (Phi) is 4.33. The SMILES string of the molecule is Cc1cc(NCC(=O)N2CCC3(CC2)CC(=O)c2cc(F)ccc2N3)n[nH]1. The summed E-state index contributed by atoms with van der Waals surface area (Å²) < 4.78 is 13.4. The van der Waals surface area contributed by atoms with Gasteiger partial charge in [0, 0.05) is 48.1 Å². The lowest BCUT2D eigenvalue weighted by molar-refractivity contribution is -0.130. The first-order valence-corrected chi connectivity index (χ1v) is 9.09. The predicted molar refractivity (Wildman–Crippen MR) is 99.3 cm³/mol. The van der Waals surface area contributed by atoms with Crippen molar-refractivity contribution in [1.29, 1.82) is 0 Å². The number of benzene rings is 1. The monoisotopic (exact) mass is 371 g/mol. The number of amides is 1. The number of hydrogen-bond donors (Lipinski definition) is 3. The van der Waals surface area contributed by atoms with Crippen LogP contribution in [0.5, 0.6) is 0 Å². The Morgan fingerprint density at radius 1 is 1.33 bits per heavy atom. The minimum atomic E-state index is -0.403. The molecule has 0 saturated carbocycles. The molecule has 0 atom stereocenters. The molecule has 8 heteroatoms. The van der Waals surface area contributed by atoms with Gasteiger partial charge in [0.25, 0.3) is 0 Å². The Bertz CT molecular complexity index is 886. The Morgan fingerprint density at radius 3 is 2.81 bits per heavy atom. The number of aromatic nitrogens is 2. The van der Waals surface area contributed by atoms with Gasteiger partial charge in [0.2, 0.25) is 5.91 Å². The van der Waals surface area contributed by atoms with E-state index in [2.05, 4.69) is 20.8 Å². The molecule has 0 radical (unpaired) electrons. The van der Waals surface area contributed by atoms with E-state index in [9.17, 15) is 14.0 Å². The highest BCUT2D eigenvalue weighted by Gasteiger charge is 2.41. The number of carbonyl (C=O) groups is 2. The van der Waals surface area contributed by atoms with E-state index in [4.69, 9.17) is 0 Å². The van der Waals surface area contributed by atoms with Gasteiger partial charge in [0.1, 0.15) is 11.6 Å². The minimum absolute atomic E-state index is 0.00936. The van der Waals surface area contributed by atoms with Gasteiger partial charge in [-0.15, -0.1) is 0 Å². The maximum Gasteiger partial charge on any atom is 0.241 e. The molecule has 7 nitrogen and oxygen atoms in total. The van der Waals surface area contributed by atoms with Crippen LogP contribution in [0.2, 0.25) is 0 Å². The summed E-state index contributed by atoms with van der Waals surface area (Å²) in [6, 6.07) is 6.12. The molecule has 2 aromatic rings. The van der Waals surface area contributed by atoms with Crippen LogP contribution < -0.4 is 10.6 Å². The molecule has 1 aromatic carbocycles. The average molecular weight is 371 g/mol. The largest absolute Gasteiger partial charge is 0.378 e. The lowest BCUT2D eigenvalue weighted by Gasteiger charge is -2.45. The van der Waals surface area contributed by atoms with Crippen LogP contribution in [0, 0.1) is 12.7 Å². The first kappa shape index (κ1) is 17.5. The van der Waals surface area contributed by atoms with E-state index in [1.165, 1.54) is 12.1 Å². The molecule has 1 spiro atoms. The Morgan fingerprint density at radius 2 is 2.11 bits per heavy atom. The number of piperidine rings is 1.